The van der Waals surface area contributed by atoms with Gasteiger partial charge in [0.2, 0.25) is 0 Å². The third-order valence-corrected chi connectivity index (χ3v) is 5.54. The predicted molar refractivity (Wildman–Crippen MR) is 78.3 cm³/mol. The van der Waals surface area contributed by atoms with Gasteiger partial charge in [-0.3, -0.25) is 4.90 Å². The maximum absolute atomic E-state index is 3.79. The molecule has 1 atom stereocenters. The molecule has 2 aliphatic rings. The SMILES string of the molecule is CC(C)(CNC1CCN(C2CC2)C1)c1cccs1. The minimum Gasteiger partial charge on any atom is -0.312 e. The standard InChI is InChI=1S/C15H24N2S/c1-15(2,14-4-3-9-18-14)11-16-12-7-8-17(10-12)13-5-6-13/h3-4,9,12-13,16H,5-8,10-11H2,1-2H3. The van der Waals surface area contributed by atoms with Crippen LogP contribution in [0.2, 0.25) is 0 Å². The molecule has 3 rings (SSSR count). The average molecular weight is 264 g/mol. The maximum atomic E-state index is 3.79. The molecule has 100 valence electrons. The Labute approximate surface area is 114 Å². The van der Waals surface area contributed by atoms with Crippen molar-refractivity contribution < 1.29 is 0 Å². The highest BCUT2D eigenvalue weighted by Crippen LogP contribution is 2.30. The van der Waals surface area contributed by atoms with Gasteiger partial charge in [-0.25, -0.2) is 0 Å². The monoisotopic (exact) mass is 264 g/mol. The van der Waals surface area contributed by atoms with E-state index in [1.54, 1.807) is 0 Å². The van der Waals surface area contributed by atoms with E-state index >= 15 is 0 Å². The lowest BCUT2D eigenvalue weighted by Crippen LogP contribution is -2.40. The minimum atomic E-state index is 0.265. The summed E-state index contributed by atoms with van der Waals surface area (Å²) in [5.74, 6) is 0. The molecule has 0 bridgehead atoms. The molecule has 1 aliphatic heterocycles. The van der Waals surface area contributed by atoms with E-state index in [2.05, 4.69) is 41.6 Å². The van der Waals surface area contributed by atoms with Gasteiger partial charge in [0.1, 0.15) is 0 Å². The van der Waals surface area contributed by atoms with Crippen LogP contribution in [0.4, 0.5) is 0 Å². The summed E-state index contributed by atoms with van der Waals surface area (Å²) in [4.78, 5) is 4.17. The van der Waals surface area contributed by atoms with Crippen molar-refractivity contribution in [1.29, 1.82) is 0 Å². The van der Waals surface area contributed by atoms with E-state index in [1.807, 2.05) is 11.3 Å². The van der Waals surface area contributed by atoms with Gasteiger partial charge in [-0.15, -0.1) is 11.3 Å². The minimum absolute atomic E-state index is 0.265. The van der Waals surface area contributed by atoms with E-state index in [0.717, 1.165) is 12.6 Å². The number of nitrogens with one attached hydrogen (secondary N) is 1. The maximum Gasteiger partial charge on any atom is 0.0207 e. The van der Waals surface area contributed by atoms with E-state index in [0.29, 0.717) is 6.04 Å². The molecule has 2 nitrogen and oxygen atoms in total. The molecule has 3 heteroatoms. The van der Waals surface area contributed by atoms with E-state index in [-0.39, 0.29) is 5.41 Å². The van der Waals surface area contributed by atoms with Gasteiger partial charge in [-0.2, -0.15) is 0 Å². The van der Waals surface area contributed by atoms with Gasteiger partial charge in [-0.05, 0) is 30.7 Å². The summed E-state index contributed by atoms with van der Waals surface area (Å²) in [6.07, 6.45) is 4.21. The first kappa shape index (κ1) is 12.6. The van der Waals surface area contributed by atoms with E-state index in [9.17, 15) is 0 Å². The van der Waals surface area contributed by atoms with Gasteiger partial charge < -0.3 is 5.32 Å². The van der Waals surface area contributed by atoms with Crippen molar-refractivity contribution in [2.45, 2.75) is 50.6 Å². The molecule has 0 amide bonds. The number of rotatable bonds is 5. The fourth-order valence-corrected chi connectivity index (χ4v) is 3.73. The molecule has 2 heterocycles. The molecule has 1 saturated carbocycles. The molecule has 0 radical (unpaired) electrons. The highest BCUT2D eigenvalue weighted by Gasteiger charge is 2.34. The van der Waals surface area contributed by atoms with Crippen LogP contribution in [0.25, 0.3) is 0 Å². The lowest BCUT2D eigenvalue weighted by atomic mass is 9.91. The van der Waals surface area contributed by atoms with Crippen LogP contribution in [0, 0.1) is 0 Å². The van der Waals surface area contributed by atoms with Crippen LogP contribution in [-0.4, -0.2) is 36.6 Å². The summed E-state index contributed by atoms with van der Waals surface area (Å²) < 4.78 is 0. The van der Waals surface area contributed by atoms with Crippen LogP contribution in [-0.2, 0) is 5.41 Å². The van der Waals surface area contributed by atoms with Crippen molar-refractivity contribution in [3.05, 3.63) is 22.4 Å². The van der Waals surface area contributed by atoms with Gasteiger partial charge in [0.05, 0.1) is 0 Å². The molecule has 18 heavy (non-hydrogen) atoms. The van der Waals surface area contributed by atoms with Crippen LogP contribution < -0.4 is 5.32 Å². The van der Waals surface area contributed by atoms with Crippen LogP contribution >= 0.6 is 11.3 Å². The van der Waals surface area contributed by atoms with Crippen LogP contribution in [0.5, 0.6) is 0 Å². The highest BCUT2D eigenvalue weighted by molar-refractivity contribution is 7.10. The zero-order valence-electron chi connectivity index (χ0n) is 11.5. The quantitative estimate of drug-likeness (QED) is 0.880. The van der Waals surface area contributed by atoms with Gasteiger partial charge >= 0.3 is 0 Å². The highest BCUT2D eigenvalue weighted by atomic mass is 32.1. The summed E-state index contributed by atoms with van der Waals surface area (Å²) >= 11 is 1.88. The third-order valence-electron chi connectivity index (χ3n) is 4.30. The Morgan fingerprint density at radius 1 is 1.39 bits per heavy atom. The Bertz CT molecular complexity index is 381. The molecular formula is C15H24N2S. The lowest BCUT2D eigenvalue weighted by Gasteiger charge is -2.26. The molecule has 1 aromatic heterocycles. The normalized spacial score (nSPS) is 25.8. The zero-order chi connectivity index (χ0) is 12.6. The smallest absolute Gasteiger partial charge is 0.0207 e. The Morgan fingerprint density at radius 2 is 2.22 bits per heavy atom. The van der Waals surface area contributed by atoms with Gasteiger partial charge in [-0.1, -0.05) is 19.9 Å². The molecule has 1 aromatic rings. The second kappa shape index (κ2) is 4.95. The second-order valence-corrected chi connectivity index (χ2v) is 7.40. The van der Waals surface area contributed by atoms with Gasteiger partial charge in [0.25, 0.3) is 0 Å². The fraction of sp³-hybridized carbons (Fsp3) is 0.733. The van der Waals surface area contributed by atoms with E-state index in [1.165, 1.54) is 37.2 Å². The number of nitrogens with zero attached hydrogens (tertiary/aromatic N) is 1. The van der Waals surface area contributed by atoms with Crippen molar-refractivity contribution in [3.8, 4) is 0 Å². The summed E-state index contributed by atoms with van der Waals surface area (Å²) in [6, 6.07) is 6.07. The molecule has 0 aromatic carbocycles. The van der Waals surface area contributed by atoms with Crippen molar-refractivity contribution in [2.24, 2.45) is 0 Å². The van der Waals surface area contributed by atoms with Crippen molar-refractivity contribution in [1.82, 2.24) is 10.2 Å². The Kier molecular flexibility index (Phi) is 3.48. The first-order valence-corrected chi connectivity index (χ1v) is 8.04. The molecule has 2 fully saturated rings. The number of hydrogen-bond acceptors (Lipinski definition) is 3. The Morgan fingerprint density at radius 3 is 2.89 bits per heavy atom. The largest absolute Gasteiger partial charge is 0.312 e. The second-order valence-electron chi connectivity index (χ2n) is 6.45. The number of hydrogen-bond donors (Lipinski definition) is 1. The average Bonchev–Trinajstić information content (AvgIpc) is 2.88. The van der Waals surface area contributed by atoms with Crippen LogP contribution in [0.15, 0.2) is 17.5 Å². The molecule has 1 unspecified atom stereocenters. The number of thiophene rings is 1. The molecular weight excluding hydrogens is 240 g/mol. The van der Waals surface area contributed by atoms with E-state index < -0.39 is 0 Å². The van der Waals surface area contributed by atoms with Crippen molar-refractivity contribution in [3.63, 3.8) is 0 Å². The zero-order valence-corrected chi connectivity index (χ0v) is 12.3. The number of likely N-dealkylation sites (tertiary alicyclic amines) is 1. The molecule has 1 saturated heterocycles. The Hall–Kier alpha value is -0.380. The summed E-state index contributed by atoms with van der Waals surface area (Å²) in [5.41, 5.74) is 0.265. The lowest BCUT2D eigenvalue weighted by molar-refractivity contribution is 0.313. The summed E-state index contributed by atoms with van der Waals surface area (Å²) in [5, 5.41) is 5.97. The third kappa shape index (κ3) is 2.79. The first-order chi connectivity index (χ1) is 8.65. The topological polar surface area (TPSA) is 15.3 Å². The van der Waals surface area contributed by atoms with Crippen molar-refractivity contribution >= 4 is 11.3 Å². The molecule has 1 N–H and O–H groups in total. The van der Waals surface area contributed by atoms with Gasteiger partial charge in [0, 0.05) is 42.0 Å². The van der Waals surface area contributed by atoms with Crippen LogP contribution in [0.3, 0.4) is 0 Å². The predicted octanol–water partition coefficient (Wildman–Crippen LogP) is 2.85. The molecule has 0 spiro atoms. The fourth-order valence-electron chi connectivity index (χ4n) is 2.88. The van der Waals surface area contributed by atoms with Crippen LogP contribution in [0.1, 0.15) is 38.0 Å². The summed E-state index contributed by atoms with van der Waals surface area (Å²) in [6.45, 7) is 8.36. The first-order valence-electron chi connectivity index (χ1n) is 7.16. The van der Waals surface area contributed by atoms with Crippen molar-refractivity contribution in [2.75, 3.05) is 19.6 Å². The van der Waals surface area contributed by atoms with Gasteiger partial charge in [0.15, 0.2) is 0 Å². The van der Waals surface area contributed by atoms with E-state index in [4.69, 9.17) is 0 Å². The molecule has 1 aliphatic carbocycles. The summed E-state index contributed by atoms with van der Waals surface area (Å²) in [7, 11) is 0. The Balaban J connectivity index is 1.49.